The van der Waals surface area contributed by atoms with Gasteiger partial charge >= 0.3 is 6.18 Å². The number of benzene rings is 1. The molecule has 2 N–H and O–H groups in total. The van der Waals surface area contributed by atoms with Gasteiger partial charge in [0.05, 0.1) is 23.6 Å². The molecule has 0 saturated carbocycles. The Kier molecular flexibility index (Phi) is 7.04. The van der Waals surface area contributed by atoms with Gasteiger partial charge in [-0.25, -0.2) is 0 Å². The van der Waals surface area contributed by atoms with Crippen LogP contribution in [0.4, 0.5) is 18.9 Å². The number of para-hydroxylation sites is 1. The van der Waals surface area contributed by atoms with Gasteiger partial charge in [0.2, 0.25) is 5.91 Å². The average Bonchev–Trinajstić information content (AvgIpc) is 3.08. The SMILES string of the molecule is CC(CC(=O)Nc1ccccc1C(F)(F)F)NCC(c1ccco1)N(C)C. The van der Waals surface area contributed by atoms with Crippen molar-refractivity contribution in [2.45, 2.75) is 31.6 Å². The van der Waals surface area contributed by atoms with E-state index >= 15 is 0 Å². The average molecular weight is 383 g/mol. The van der Waals surface area contributed by atoms with Crippen LogP contribution in [0.1, 0.15) is 30.7 Å². The van der Waals surface area contributed by atoms with Gasteiger partial charge in [0.25, 0.3) is 0 Å². The number of nitrogens with zero attached hydrogens (tertiary/aromatic N) is 1. The minimum absolute atomic E-state index is 0.0172. The summed E-state index contributed by atoms with van der Waals surface area (Å²) in [4.78, 5) is 14.1. The highest BCUT2D eigenvalue weighted by Gasteiger charge is 2.33. The lowest BCUT2D eigenvalue weighted by atomic mass is 10.1. The highest BCUT2D eigenvalue weighted by molar-refractivity contribution is 5.92. The number of rotatable bonds is 8. The number of likely N-dealkylation sites (N-methyl/N-ethyl adjacent to an activating group) is 1. The first-order valence-electron chi connectivity index (χ1n) is 8.57. The van der Waals surface area contributed by atoms with Gasteiger partial charge in [-0.05, 0) is 45.3 Å². The molecule has 2 aromatic rings. The van der Waals surface area contributed by atoms with Gasteiger partial charge in [0.15, 0.2) is 0 Å². The van der Waals surface area contributed by atoms with Crippen molar-refractivity contribution in [1.29, 1.82) is 0 Å². The summed E-state index contributed by atoms with van der Waals surface area (Å²) in [6.07, 6.45) is -2.87. The van der Waals surface area contributed by atoms with Crippen molar-refractivity contribution in [3.8, 4) is 0 Å². The van der Waals surface area contributed by atoms with E-state index in [1.165, 1.54) is 18.2 Å². The fraction of sp³-hybridized carbons (Fsp3) is 0.421. The molecule has 1 heterocycles. The molecule has 1 aromatic carbocycles. The van der Waals surface area contributed by atoms with E-state index in [-0.39, 0.29) is 24.2 Å². The lowest BCUT2D eigenvalue weighted by Crippen LogP contribution is -2.37. The smallest absolute Gasteiger partial charge is 0.418 e. The Morgan fingerprint density at radius 3 is 2.48 bits per heavy atom. The number of amides is 1. The third kappa shape index (κ3) is 6.11. The molecule has 8 heteroatoms. The van der Waals surface area contributed by atoms with Crippen molar-refractivity contribution in [2.24, 2.45) is 0 Å². The van der Waals surface area contributed by atoms with Crippen LogP contribution in [0, 0.1) is 0 Å². The first kappa shape index (κ1) is 21.0. The molecule has 0 radical (unpaired) electrons. The van der Waals surface area contributed by atoms with Crippen molar-refractivity contribution < 1.29 is 22.4 Å². The second-order valence-corrected chi connectivity index (χ2v) is 6.60. The van der Waals surface area contributed by atoms with Crippen molar-refractivity contribution >= 4 is 11.6 Å². The number of carbonyl (C=O) groups is 1. The fourth-order valence-corrected chi connectivity index (χ4v) is 2.72. The van der Waals surface area contributed by atoms with Gasteiger partial charge in [-0.15, -0.1) is 0 Å². The second kappa shape index (κ2) is 9.05. The number of anilines is 1. The van der Waals surface area contributed by atoms with Crippen LogP contribution >= 0.6 is 0 Å². The molecule has 2 unspecified atom stereocenters. The maximum Gasteiger partial charge on any atom is 0.418 e. The van der Waals surface area contributed by atoms with E-state index in [1.807, 2.05) is 32.0 Å². The third-order valence-corrected chi connectivity index (χ3v) is 4.15. The van der Waals surface area contributed by atoms with E-state index in [0.29, 0.717) is 6.54 Å². The van der Waals surface area contributed by atoms with Crippen LogP contribution in [0.25, 0.3) is 0 Å². The monoisotopic (exact) mass is 383 g/mol. The van der Waals surface area contributed by atoms with Gasteiger partial charge < -0.3 is 15.1 Å². The van der Waals surface area contributed by atoms with Crippen molar-refractivity contribution in [3.63, 3.8) is 0 Å². The number of alkyl halides is 3. The zero-order chi connectivity index (χ0) is 20.0. The molecule has 1 aromatic heterocycles. The van der Waals surface area contributed by atoms with Crippen molar-refractivity contribution in [2.75, 3.05) is 26.0 Å². The quantitative estimate of drug-likeness (QED) is 0.726. The van der Waals surface area contributed by atoms with E-state index in [4.69, 9.17) is 4.42 Å². The molecule has 2 rings (SSSR count). The van der Waals surface area contributed by atoms with Crippen LogP contribution in [0.5, 0.6) is 0 Å². The number of furan rings is 1. The molecule has 5 nitrogen and oxygen atoms in total. The molecule has 0 aliphatic carbocycles. The Labute approximate surface area is 156 Å². The topological polar surface area (TPSA) is 57.5 Å². The van der Waals surface area contributed by atoms with E-state index in [0.717, 1.165) is 11.8 Å². The predicted octanol–water partition coefficient (Wildman–Crippen LogP) is 3.91. The zero-order valence-corrected chi connectivity index (χ0v) is 15.5. The largest absolute Gasteiger partial charge is 0.468 e. The first-order valence-corrected chi connectivity index (χ1v) is 8.57. The molecular formula is C19H24F3N3O2. The number of nitrogens with one attached hydrogen (secondary N) is 2. The predicted molar refractivity (Wildman–Crippen MR) is 97.3 cm³/mol. The van der Waals surface area contributed by atoms with Crippen LogP contribution in [0.2, 0.25) is 0 Å². The Morgan fingerprint density at radius 2 is 1.89 bits per heavy atom. The molecular weight excluding hydrogens is 359 g/mol. The molecule has 2 atom stereocenters. The molecule has 0 spiro atoms. The molecule has 0 fully saturated rings. The fourth-order valence-electron chi connectivity index (χ4n) is 2.72. The molecule has 0 bridgehead atoms. The standard InChI is InChI=1S/C19H24F3N3O2/c1-13(23-12-16(25(2)3)17-9-6-10-27-17)11-18(26)24-15-8-5-4-7-14(15)19(20,21)22/h4-10,13,16,23H,11-12H2,1-3H3,(H,24,26). The number of hydrogen-bond acceptors (Lipinski definition) is 4. The molecule has 27 heavy (non-hydrogen) atoms. The van der Waals surface area contributed by atoms with E-state index in [9.17, 15) is 18.0 Å². The van der Waals surface area contributed by atoms with Gasteiger partial charge in [0.1, 0.15) is 5.76 Å². The summed E-state index contributed by atoms with van der Waals surface area (Å²) in [5, 5.41) is 5.59. The van der Waals surface area contributed by atoms with E-state index < -0.39 is 17.6 Å². The third-order valence-electron chi connectivity index (χ3n) is 4.15. The lowest BCUT2D eigenvalue weighted by Gasteiger charge is -2.24. The summed E-state index contributed by atoms with van der Waals surface area (Å²) in [6.45, 7) is 2.35. The van der Waals surface area contributed by atoms with Crippen LogP contribution in [-0.2, 0) is 11.0 Å². The van der Waals surface area contributed by atoms with Crippen LogP contribution < -0.4 is 10.6 Å². The lowest BCUT2D eigenvalue weighted by molar-refractivity contribution is -0.137. The second-order valence-electron chi connectivity index (χ2n) is 6.60. The summed E-state index contributed by atoms with van der Waals surface area (Å²) < 4.78 is 44.4. The van der Waals surface area contributed by atoms with Gasteiger partial charge in [-0.3, -0.25) is 9.69 Å². The normalized spacial score (nSPS) is 14.2. The van der Waals surface area contributed by atoms with Gasteiger partial charge in [0, 0.05) is 19.0 Å². The van der Waals surface area contributed by atoms with Gasteiger partial charge in [-0.1, -0.05) is 12.1 Å². The number of halogens is 3. The molecule has 0 aliphatic rings. The summed E-state index contributed by atoms with van der Waals surface area (Å²) >= 11 is 0. The van der Waals surface area contributed by atoms with Crippen LogP contribution in [0.3, 0.4) is 0 Å². The maximum atomic E-state index is 13.0. The minimum Gasteiger partial charge on any atom is -0.468 e. The zero-order valence-electron chi connectivity index (χ0n) is 15.5. The molecule has 1 amide bonds. The van der Waals surface area contributed by atoms with Crippen molar-refractivity contribution in [1.82, 2.24) is 10.2 Å². The molecule has 148 valence electrons. The summed E-state index contributed by atoms with van der Waals surface area (Å²) in [5.41, 5.74) is -1.09. The first-order chi connectivity index (χ1) is 12.7. The minimum atomic E-state index is -4.52. The van der Waals surface area contributed by atoms with E-state index in [2.05, 4.69) is 10.6 Å². The Bertz CT molecular complexity index is 730. The van der Waals surface area contributed by atoms with Crippen LogP contribution in [0.15, 0.2) is 47.1 Å². The summed E-state index contributed by atoms with van der Waals surface area (Å²) in [5.74, 6) is 0.314. The summed E-state index contributed by atoms with van der Waals surface area (Å²) in [6, 6.07) is 8.38. The van der Waals surface area contributed by atoms with Gasteiger partial charge in [-0.2, -0.15) is 13.2 Å². The molecule has 0 saturated heterocycles. The number of carbonyl (C=O) groups excluding carboxylic acids is 1. The highest BCUT2D eigenvalue weighted by atomic mass is 19.4. The van der Waals surface area contributed by atoms with Crippen LogP contribution in [-0.4, -0.2) is 37.5 Å². The van der Waals surface area contributed by atoms with E-state index in [1.54, 1.807) is 12.3 Å². The maximum absolute atomic E-state index is 13.0. The Balaban J connectivity index is 1.91. The molecule has 0 aliphatic heterocycles. The number of hydrogen-bond donors (Lipinski definition) is 2. The van der Waals surface area contributed by atoms with Crippen molar-refractivity contribution in [3.05, 3.63) is 54.0 Å². The Morgan fingerprint density at radius 1 is 1.19 bits per heavy atom. The summed E-state index contributed by atoms with van der Waals surface area (Å²) in [7, 11) is 3.83. The Hall–Kier alpha value is -2.32. The highest BCUT2D eigenvalue weighted by Crippen LogP contribution is 2.34.